The van der Waals surface area contributed by atoms with Crippen LogP contribution in [0.2, 0.25) is 0 Å². The molecule has 1 aromatic heterocycles. The molecule has 0 spiro atoms. The lowest BCUT2D eigenvalue weighted by molar-refractivity contribution is -0.402. The van der Waals surface area contributed by atoms with E-state index < -0.39 is 4.92 Å². The third-order valence-corrected chi connectivity index (χ3v) is 1.29. The smallest absolute Gasteiger partial charge is 0.400 e. The Morgan fingerprint density at radius 3 is 2.77 bits per heavy atom. The Morgan fingerprint density at radius 2 is 2.31 bits per heavy atom. The number of furan rings is 1. The summed E-state index contributed by atoms with van der Waals surface area (Å²) < 4.78 is 4.85. The summed E-state index contributed by atoms with van der Waals surface area (Å²) in [4.78, 5) is 13.7. The van der Waals surface area contributed by atoms with Gasteiger partial charge in [-0.2, -0.15) is 0 Å². The van der Waals surface area contributed by atoms with E-state index in [2.05, 4.69) is 4.99 Å². The molecule has 0 atom stereocenters. The summed E-state index contributed by atoms with van der Waals surface area (Å²) in [5.41, 5.74) is 0. The van der Waals surface area contributed by atoms with Crippen molar-refractivity contribution in [2.75, 3.05) is 0 Å². The van der Waals surface area contributed by atoms with Gasteiger partial charge in [0, 0.05) is 6.04 Å². The van der Waals surface area contributed by atoms with Gasteiger partial charge in [0.05, 0.1) is 12.3 Å². The fourth-order valence-electron chi connectivity index (χ4n) is 0.732. The average Bonchev–Trinajstić information content (AvgIpc) is 2.48. The van der Waals surface area contributed by atoms with Gasteiger partial charge in [0.15, 0.2) is 5.76 Å². The standard InChI is InChI=1S/C8H10N2O3/c1-6(2)9-5-7-3-4-8(13-7)10(11)12/h3-6H,1-2H3. The Hall–Kier alpha value is -1.65. The first-order chi connectivity index (χ1) is 6.09. The van der Waals surface area contributed by atoms with Gasteiger partial charge < -0.3 is 4.42 Å². The van der Waals surface area contributed by atoms with E-state index in [0.29, 0.717) is 5.76 Å². The van der Waals surface area contributed by atoms with Crippen LogP contribution in [-0.2, 0) is 0 Å². The number of nitro groups is 1. The summed E-state index contributed by atoms with van der Waals surface area (Å²) in [6.45, 7) is 3.82. The SMILES string of the molecule is CC(C)N=Cc1ccc([N+](=O)[O-])o1. The minimum Gasteiger partial charge on any atom is -0.400 e. The van der Waals surface area contributed by atoms with E-state index in [9.17, 15) is 10.1 Å². The van der Waals surface area contributed by atoms with Crippen molar-refractivity contribution in [1.82, 2.24) is 0 Å². The molecule has 0 fully saturated rings. The summed E-state index contributed by atoms with van der Waals surface area (Å²) in [5.74, 6) is 0.144. The molecule has 5 nitrogen and oxygen atoms in total. The third kappa shape index (κ3) is 2.70. The van der Waals surface area contributed by atoms with E-state index in [1.54, 1.807) is 0 Å². The van der Waals surface area contributed by atoms with Crippen LogP contribution < -0.4 is 0 Å². The van der Waals surface area contributed by atoms with Crippen LogP contribution in [0.25, 0.3) is 0 Å². The Morgan fingerprint density at radius 1 is 1.62 bits per heavy atom. The zero-order chi connectivity index (χ0) is 9.84. The fourth-order valence-corrected chi connectivity index (χ4v) is 0.732. The molecule has 0 aliphatic heterocycles. The van der Waals surface area contributed by atoms with Crippen molar-refractivity contribution in [3.63, 3.8) is 0 Å². The van der Waals surface area contributed by atoms with Gasteiger partial charge in [-0.25, -0.2) is 0 Å². The second-order valence-electron chi connectivity index (χ2n) is 2.81. The molecular formula is C8H10N2O3. The van der Waals surface area contributed by atoms with Gasteiger partial charge in [-0.3, -0.25) is 15.1 Å². The number of aliphatic imine (C=N–C) groups is 1. The topological polar surface area (TPSA) is 68.6 Å². The van der Waals surface area contributed by atoms with Gasteiger partial charge in [-0.1, -0.05) is 0 Å². The van der Waals surface area contributed by atoms with Gasteiger partial charge in [-0.05, 0) is 19.9 Å². The summed E-state index contributed by atoms with van der Waals surface area (Å²) >= 11 is 0. The van der Waals surface area contributed by atoms with Gasteiger partial charge >= 0.3 is 5.88 Å². The van der Waals surface area contributed by atoms with Gasteiger partial charge in [-0.15, -0.1) is 0 Å². The van der Waals surface area contributed by atoms with E-state index in [4.69, 9.17) is 4.42 Å². The third-order valence-electron chi connectivity index (χ3n) is 1.29. The lowest BCUT2D eigenvalue weighted by Gasteiger charge is -1.91. The van der Waals surface area contributed by atoms with Crippen LogP contribution in [-0.4, -0.2) is 17.2 Å². The zero-order valence-corrected chi connectivity index (χ0v) is 7.43. The molecule has 1 aromatic rings. The minimum absolute atomic E-state index is 0.157. The predicted octanol–water partition coefficient (Wildman–Crippen LogP) is 2.02. The lowest BCUT2D eigenvalue weighted by atomic mass is 10.4. The van der Waals surface area contributed by atoms with Crippen LogP contribution in [0.5, 0.6) is 0 Å². The molecule has 1 rings (SSSR count). The summed E-state index contributed by atoms with van der Waals surface area (Å²) in [7, 11) is 0. The maximum absolute atomic E-state index is 10.2. The molecule has 0 aromatic carbocycles. The molecular weight excluding hydrogens is 172 g/mol. The molecule has 0 bridgehead atoms. The number of rotatable bonds is 3. The monoisotopic (exact) mass is 182 g/mol. The molecule has 1 heterocycles. The highest BCUT2D eigenvalue weighted by Gasteiger charge is 2.09. The van der Waals surface area contributed by atoms with Crippen molar-refractivity contribution >= 4 is 12.1 Å². The maximum atomic E-state index is 10.2. The lowest BCUT2D eigenvalue weighted by Crippen LogP contribution is -1.89. The molecule has 0 radical (unpaired) electrons. The van der Waals surface area contributed by atoms with Gasteiger partial charge in [0.2, 0.25) is 0 Å². The summed E-state index contributed by atoms with van der Waals surface area (Å²) in [6, 6.07) is 2.98. The average molecular weight is 182 g/mol. The Balaban J connectivity index is 2.75. The Bertz CT molecular complexity index is 328. The second kappa shape index (κ2) is 3.84. The Labute approximate surface area is 75.2 Å². The maximum Gasteiger partial charge on any atom is 0.433 e. The van der Waals surface area contributed by atoms with E-state index in [1.807, 2.05) is 13.8 Å². The largest absolute Gasteiger partial charge is 0.433 e. The molecule has 0 amide bonds. The first-order valence-corrected chi connectivity index (χ1v) is 3.87. The molecule has 0 saturated heterocycles. The van der Waals surface area contributed by atoms with Crippen molar-refractivity contribution in [3.8, 4) is 0 Å². The highest BCUT2D eigenvalue weighted by Crippen LogP contribution is 2.13. The minimum atomic E-state index is -0.577. The van der Waals surface area contributed by atoms with Crippen molar-refractivity contribution in [2.24, 2.45) is 4.99 Å². The molecule has 70 valence electrons. The van der Waals surface area contributed by atoms with Crippen LogP contribution in [0.1, 0.15) is 19.6 Å². The molecule has 0 saturated carbocycles. The fraction of sp³-hybridized carbons (Fsp3) is 0.375. The molecule has 0 N–H and O–H groups in total. The quantitative estimate of drug-likeness (QED) is 0.408. The van der Waals surface area contributed by atoms with Crippen LogP contribution in [0.4, 0.5) is 5.88 Å². The van der Waals surface area contributed by atoms with E-state index in [0.717, 1.165) is 0 Å². The summed E-state index contributed by atoms with van der Waals surface area (Å²) in [5, 5.41) is 10.2. The molecule has 0 aliphatic rings. The number of nitrogens with zero attached hydrogens (tertiary/aromatic N) is 2. The highest BCUT2D eigenvalue weighted by atomic mass is 16.6. The van der Waals surface area contributed by atoms with E-state index in [-0.39, 0.29) is 11.9 Å². The highest BCUT2D eigenvalue weighted by molar-refractivity contribution is 5.76. The van der Waals surface area contributed by atoms with Crippen molar-refractivity contribution < 1.29 is 9.34 Å². The zero-order valence-electron chi connectivity index (χ0n) is 7.43. The van der Waals surface area contributed by atoms with Gasteiger partial charge in [0.25, 0.3) is 0 Å². The summed E-state index contributed by atoms with van der Waals surface area (Å²) in [6.07, 6.45) is 1.48. The first kappa shape index (κ1) is 9.44. The van der Waals surface area contributed by atoms with Crippen molar-refractivity contribution in [1.29, 1.82) is 0 Å². The first-order valence-electron chi connectivity index (χ1n) is 3.87. The predicted molar refractivity (Wildman–Crippen MR) is 48.1 cm³/mol. The van der Waals surface area contributed by atoms with Crippen LogP contribution in [0, 0.1) is 10.1 Å². The van der Waals surface area contributed by atoms with Crippen LogP contribution in [0.15, 0.2) is 21.5 Å². The molecule has 0 aliphatic carbocycles. The van der Waals surface area contributed by atoms with Crippen LogP contribution >= 0.6 is 0 Å². The number of hydrogen-bond acceptors (Lipinski definition) is 4. The normalized spacial score (nSPS) is 11.3. The van der Waals surface area contributed by atoms with Gasteiger partial charge in [0.1, 0.15) is 4.92 Å². The molecule has 0 unspecified atom stereocenters. The Kier molecular flexibility index (Phi) is 2.79. The second-order valence-corrected chi connectivity index (χ2v) is 2.81. The molecule has 5 heteroatoms. The van der Waals surface area contributed by atoms with E-state index >= 15 is 0 Å². The van der Waals surface area contributed by atoms with Crippen molar-refractivity contribution in [3.05, 3.63) is 28.0 Å². The van der Waals surface area contributed by atoms with E-state index in [1.165, 1.54) is 18.3 Å². The van der Waals surface area contributed by atoms with Crippen LogP contribution in [0.3, 0.4) is 0 Å². The number of hydrogen-bond donors (Lipinski definition) is 0. The van der Waals surface area contributed by atoms with Crippen molar-refractivity contribution in [2.45, 2.75) is 19.9 Å². The molecule has 13 heavy (non-hydrogen) atoms.